The van der Waals surface area contributed by atoms with Gasteiger partial charge in [-0.05, 0) is 23.8 Å². The van der Waals surface area contributed by atoms with Gasteiger partial charge in [0.2, 0.25) is 0 Å². The molecule has 5 nitrogen and oxygen atoms in total. The summed E-state index contributed by atoms with van der Waals surface area (Å²) in [6.45, 7) is 4.29. The van der Waals surface area contributed by atoms with Crippen molar-refractivity contribution < 1.29 is 14.3 Å². The molecule has 0 atom stereocenters. The SMILES string of the molecule is C=C(CN)CN1C(=O)C(=O)c2cc(OC)ccc21. The second-order valence-electron chi connectivity index (χ2n) is 4.06. The number of hydrogen-bond acceptors (Lipinski definition) is 4. The summed E-state index contributed by atoms with van der Waals surface area (Å²) < 4.78 is 5.04. The molecule has 1 aromatic carbocycles. The van der Waals surface area contributed by atoms with Crippen LogP contribution in [-0.4, -0.2) is 31.9 Å². The van der Waals surface area contributed by atoms with Gasteiger partial charge in [-0.25, -0.2) is 0 Å². The van der Waals surface area contributed by atoms with Crippen molar-refractivity contribution in [1.29, 1.82) is 0 Å². The molecule has 1 aliphatic rings. The fourth-order valence-electron chi connectivity index (χ4n) is 1.85. The Kier molecular flexibility index (Phi) is 3.16. The molecule has 0 aromatic heterocycles. The van der Waals surface area contributed by atoms with Gasteiger partial charge < -0.3 is 15.4 Å². The lowest BCUT2D eigenvalue weighted by Gasteiger charge is -2.17. The number of carbonyl (C=O) groups is 2. The molecule has 0 spiro atoms. The van der Waals surface area contributed by atoms with Crippen LogP contribution in [0.25, 0.3) is 0 Å². The molecule has 0 fully saturated rings. The van der Waals surface area contributed by atoms with E-state index in [1.807, 2.05) is 0 Å². The molecular weight excluding hydrogens is 232 g/mol. The normalized spacial score (nSPS) is 13.8. The first-order chi connectivity index (χ1) is 8.58. The third kappa shape index (κ3) is 1.89. The number of methoxy groups -OCH3 is 1. The molecule has 0 aliphatic carbocycles. The summed E-state index contributed by atoms with van der Waals surface area (Å²) >= 11 is 0. The average molecular weight is 246 g/mol. The minimum Gasteiger partial charge on any atom is -0.497 e. The van der Waals surface area contributed by atoms with Gasteiger partial charge in [-0.15, -0.1) is 0 Å². The van der Waals surface area contributed by atoms with Crippen LogP contribution in [0.15, 0.2) is 30.4 Å². The quantitative estimate of drug-likeness (QED) is 0.628. The van der Waals surface area contributed by atoms with Crippen LogP contribution in [0, 0.1) is 0 Å². The third-order valence-electron chi connectivity index (χ3n) is 2.85. The van der Waals surface area contributed by atoms with E-state index in [4.69, 9.17) is 10.5 Å². The number of hydrogen-bond donors (Lipinski definition) is 1. The molecule has 94 valence electrons. The third-order valence-corrected chi connectivity index (χ3v) is 2.85. The van der Waals surface area contributed by atoms with E-state index in [1.54, 1.807) is 18.2 Å². The van der Waals surface area contributed by atoms with E-state index in [9.17, 15) is 9.59 Å². The van der Waals surface area contributed by atoms with Crippen molar-refractivity contribution in [2.75, 3.05) is 25.1 Å². The number of ketones is 1. The zero-order chi connectivity index (χ0) is 13.3. The maximum absolute atomic E-state index is 11.9. The van der Waals surface area contributed by atoms with Crippen LogP contribution in [-0.2, 0) is 4.79 Å². The molecule has 18 heavy (non-hydrogen) atoms. The number of carbonyl (C=O) groups excluding carboxylic acids is 2. The molecule has 0 saturated heterocycles. The van der Waals surface area contributed by atoms with Crippen LogP contribution >= 0.6 is 0 Å². The summed E-state index contributed by atoms with van der Waals surface area (Å²) in [6, 6.07) is 4.98. The summed E-state index contributed by atoms with van der Waals surface area (Å²) in [5, 5.41) is 0. The Balaban J connectivity index is 2.40. The topological polar surface area (TPSA) is 72.6 Å². The second kappa shape index (κ2) is 4.62. The average Bonchev–Trinajstić information content (AvgIpc) is 2.63. The fraction of sp³-hybridized carbons (Fsp3) is 0.231. The Bertz CT molecular complexity index is 537. The van der Waals surface area contributed by atoms with Crippen molar-refractivity contribution in [3.8, 4) is 5.75 Å². The Hall–Kier alpha value is -2.14. The number of Topliss-reactive ketones (excluding diaryl/α,β-unsaturated/α-hetero) is 1. The number of anilines is 1. The zero-order valence-electron chi connectivity index (χ0n) is 10.1. The second-order valence-corrected chi connectivity index (χ2v) is 4.06. The van der Waals surface area contributed by atoms with E-state index in [0.717, 1.165) is 0 Å². The van der Waals surface area contributed by atoms with Gasteiger partial charge in [-0.1, -0.05) is 6.58 Å². The summed E-state index contributed by atoms with van der Waals surface area (Å²) in [4.78, 5) is 25.1. The predicted octanol–water partition coefficient (Wildman–Crippen LogP) is 0.739. The Morgan fingerprint density at radius 3 is 2.78 bits per heavy atom. The lowest BCUT2D eigenvalue weighted by atomic mass is 10.1. The van der Waals surface area contributed by atoms with E-state index in [1.165, 1.54) is 12.0 Å². The van der Waals surface area contributed by atoms with Crippen molar-refractivity contribution in [3.05, 3.63) is 35.9 Å². The van der Waals surface area contributed by atoms with Crippen molar-refractivity contribution in [2.24, 2.45) is 5.73 Å². The van der Waals surface area contributed by atoms with Crippen LogP contribution in [0.1, 0.15) is 10.4 Å². The molecule has 0 radical (unpaired) electrons. The van der Waals surface area contributed by atoms with Gasteiger partial charge in [0.15, 0.2) is 0 Å². The molecule has 1 heterocycles. The smallest absolute Gasteiger partial charge is 0.299 e. The van der Waals surface area contributed by atoms with Crippen LogP contribution in [0.5, 0.6) is 5.75 Å². The number of amides is 1. The molecule has 0 saturated carbocycles. The summed E-state index contributed by atoms with van der Waals surface area (Å²) in [5.74, 6) is -0.518. The number of ether oxygens (including phenoxy) is 1. The minimum atomic E-state index is -0.548. The Labute approximate surface area is 105 Å². The number of benzene rings is 1. The monoisotopic (exact) mass is 246 g/mol. The Morgan fingerprint density at radius 2 is 2.17 bits per heavy atom. The van der Waals surface area contributed by atoms with Gasteiger partial charge in [0.05, 0.1) is 18.4 Å². The maximum Gasteiger partial charge on any atom is 0.299 e. The minimum absolute atomic E-state index is 0.264. The van der Waals surface area contributed by atoms with Crippen molar-refractivity contribution in [3.63, 3.8) is 0 Å². The highest BCUT2D eigenvalue weighted by Crippen LogP contribution is 2.32. The lowest BCUT2D eigenvalue weighted by molar-refractivity contribution is -0.114. The van der Waals surface area contributed by atoms with Gasteiger partial charge in [-0.2, -0.15) is 0 Å². The number of nitrogens with zero attached hydrogens (tertiary/aromatic N) is 1. The van der Waals surface area contributed by atoms with Crippen LogP contribution in [0.3, 0.4) is 0 Å². The van der Waals surface area contributed by atoms with Crippen LogP contribution in [0.4, 0.5) is 5.69 Å². The van der Waals surface area contributed by atoms with Gasteiger partial charge in [0, 0.05) is 13.1 Å². The highest BCUT2D eigenvalue weighted by atomic mass is 16.5. The molecule has 2 rings (SSSR count). The zero-order valence-corrected chi connectivity index (χ0v) is 10.1. The molecule has 1 amide bonds. The first-order valence-electron chi connectivity index (χ1n) is 5.49. The molecule has 0 unspecified atom stereocenters. The van der Waals surface area contributed by atoms with Crippen molar-refractivity contribution in [1.82, 2.24) is 0 Å². The molecule has 0 bridgehead atoms. The maximum atomic E-state index is 11.9. The van der Waals surface area contributed by atoms with E-state index >= 15 is 0 Å². The highest BCUT2D eigenvalue weighted by Gasteiger charge is 2.35. The molecule has 5 heteroatoms. The van der Waals surface area contributed by atoms with Gasteiger partial charge >= 0.3 is 0 Å². The summed E-state index contributed by atoms with van der Waals surface area (Å²) in [6.07, 6.45) is 0. The van der Waals surface area contributed by atoms with E-state index in [-0.39, 0.29) is 13.1 Å². The first-order valence-corrected chi connectivity index (χ1v) is 5.49. The lowest BCUT2D eigenvalue weighted by Crippen LogP contribution is -2.32. The van der Waals surface area contributed by atoms with Crippen LogP contribution in [0.2, 0.25) is 0 Å². The van der Waals surface area contributed by atoms with Gasteiger partial charge in [0.25, 0.3) is 11.7 Å². The highest BCUT2D eigenvalue weighted by molar-refractivity contribution is 6.52. The fourth-order valence-corrected chi connectivity index (χ4v) is 1.85. The predicted molar refractivity (Wildman–Crippen MR) is 67.9 cm³/mol. The van der Waals surface area contributed by atoms with Gasteiger partial charge in [0.1, 0.15) is 5.75 Å². The van der Waals surface area contributed by atoms with E-state index in [2.05, 4.69) is 6.58 Å². The summed E-state index contributed by atoms with van der Waals surface area (Å²) in [5.41, 5.74) is 7.10. The van der Waals surface area contributed by atoms with E-state index in [0.29, 0.717) is 22.6 Å². The largest absolute Gasteiger partial charge is 0.497 e. The van der Waals surface area contributed by atoms with Gasteiger partial charge in [-0.3, -0.25) is 9.59 Å². The van der Waals surface area contributed by atoms with Crippen molar-refractivity contribution in [2.45, 2.75) is 0 Å². The number of fused-ring (bicyclic) bond motifs is 1. The molecule has 2 N–H and O–H groups in total. The molecule has 1 aromatic rings. The molecule has 1 aliphatic heterocycles. The van der Waals surface area contributed by atoms with E-state index < -0.39 is 11.7 Å². The standard InChI is InChI=1S/C13H14N2O3/c1-8(6-14)7-15-11-4-3-9(18-2)5-10(11)12(16)13(15)17/h3-5H,1,6-7,14H2,2H3. The molecular formula is C13H14N2O3. The Morgan fingerprint density at radius 1 is 1.44 bits per heavy atom. The summed E-state index contributed by atoms with van der Waals surface area (Å²) in [7, 11) is 1.51. The number of nitrogens with two attached hydrogens (primary N) is 1. The van der Waals surface area contributed by atoms with Crippen LogP contribution < -0.4 is 15.4 Å². The first kappa shape index (κ1) is 12.3. The van der Waals surface area contributed by atoms with Crippen molar-refractivity contribution >= 4 is 17.4 Å². The number of rotatable bonds is 4.